The van der Waals surface area contributed by atoms with Gasteiger partial charge in [0, 0.05) is 26.6 Å². The highest BCUT2D eigenvalue weighted by Crippen LogP contribution is 2.43. The number of hydroxylamine groups is 2. The Labute approximate surface area is 209 Å². The van der Waals surface area contributed by atoms with Crippen LogP contribution in [0, 0.1) is 0 Å². The van der Waals surface area contributed by atoms with Crippen LogP contribution < -0.4 is 0 Å². The fourth-order valence-electron chi connectivity index (χ4n) is 4.38. The number of methoxy groups -OCH3 is 1. The van der Waals surface area contributed by atoms with Crippen molar-refractivity contribution in [2.45, 2.75) is 37.4 Å². The summed E-state index contributed by atoms with van der Waals surface area (Å²) in [5.41, 5.74) is 1.75. The molecule has 4 rings (SSSR count). The maximum absolute atomic E-state index is 12.6. The van der Waals surface area contributed by atoms with E-state index in [0.29, 0.717) is 24.5 Å². The third kappa shape index (κ3) is 5.16. The summed E-state index contributed by atoms with van der Waals surface area (Å²) in [7, 11) is 1.66. The summed E-state index contributed by atoms with van der Waals surface area (Å²) in [6.45, 7) is 0.289. The maximum Gasteiger partial charge on any atom is 0.363 e. The van der Waals surface area contributed by atoms with Gasteiger partial charge in [0.25, 0.3) is 11.8 Å². The van der Waals surface area contributed by atoms with Gasteiger partial charge in [0.1, 0.15) is 5.60 Å². The van der Waals surface area contributed by atoms with Crippen molar-refractivity contribution in [3.63, 3.8) is 0 Å². The van der Waals surface area contributed by atoms with E-state index < -0.39 is 23.4 Å². The molecule has 1 fully saturated rings. The summed E-state index contributed by atoms with van der Waals surface area (Å²) in [4.78, 5) is 41.3. The minimum atomic E-state index is -1.00. The van der Waals surface area contributed by atoms with Crippen molar-refractivity contribution in [3.05, 3.63) is 95.1 Å². The molecule has 2 amide bonds. The molecule has 1 aliphatic carbocycles. The van der Waals surface area contributed by atoms with E-state index in [4.69, 9.17) is 14.3 Å². The van der Waals surface area contributed by atoms with Gasteiger partial charge >= 0.3 is 5.97 Å². The predicted molar refractivity (Wildman–Crippen MR) is 130 cm³/mol. The minimum absolute atomic E-state index is 0.00970. The van der Waals surface area contributed by atoms with Crippen LogP contribution in [0.3, 0.4) is 0 Å². The molecule has 2 aromatic rings. The number of rotatable bonds is 10. The van der Waals surface area contributed by atoms with Gasteiger partial charge in [-0.2, -0.15) is 0 Å². The van der Waals surface area contributed by atoms with E-state index in [1.165, 1.54) is 0 Å². The Morgan fingerprint density at radius 1 is 1.03 bits per heavy atom. The van der Waals surface area contributed by atoms with Gasteiger partial charge in [0.2, 0.25) is 0 Å². The molecule has 1 saturated heterocycles. The average Bonchev–Trinajstić information content (AvgIpc) is 3.24. The molecule has 2 aliphatic rings. The second-order valence-corrected chi connectivity index (χ2v) is 8.54. The number of carbonyl (C=O) groups is 3. The van der Waals surface area contributed by atoms with Crippen LogP contribution in [0.4, 0.5) is 0 Å². The summed E-state index contributed by atoms with van der Waals surface area (Å²) in [5, 5.41) is 9.94. The van der Waals surface area contributed by atoms with E-state index in [1.54, 1.807) is 31.4 Å². The first kappa shape index (κ1) is 25.5. The first-order chi connectivity index (χ1) is 17.5. The van der Waals surface area contributed by atoms with Crippen LogP contribution in [0.25, 0.3) is 0 Å². The van der Waals surface area contributed by atoms with Crippen molar-refractivity contribution in [2.75, 3.05) is 20.3 Å². The number of ether oxygens (including phenoxy) is 2. The summed E-state index contributed by atoms with van der Waals surface area (Å²) in [6, 6.07) is 16.4. The van der Waals surface area contributed by atoms with Crippen molar-refractivity contribution < 1.29 is 33.8 Å². The molecular weight excluding hydrogens is 462 g/mol. The van der Waals surface area contributed by atoms with Crippen molar-refractivity contribution >= 4 is 17.8 Å². The molecule has 8 nitrogen and oxygen atoms in total. The number of imide groups is 1. The zero-order valence-corrected chi connectivity index (χ0v) is 20.1. The van der Waals surface area contributed by atoms with Crippen LogP contribution in [0.15, 0.2) is 78.4 Å². The Balaban J connectivity index is 1.71. The third-order valence-corrected chi connectivity index (χ3v) is 6.28. The van der Waals surface area contributed by atoms with E-state index in [-0.39, 0.29) is 31.1 Å². The van der Waals surface area contributed by atoms with E-state index in [0.717, 1.165) is 16.7 Å². The Hall–Kier alpha value is -3.59. The maximum atomic E-state index is 12.6. The number of aliphatic hydroxyl groups is 1. The molecule has 0 spiro atoms. The minimum Gasteiger partial charge on any atom is -0.396 e. The molecule has 1 N–H and O–H groups in total. The third-order valence-electron chi connectivity index (χ3n) is 6.28. The molecule has 1 aliphatic heterocycles. The van der Waals surface area contributed by atoms with Crippen molar-refractivity contribution in [3.8, 4) is 0 Å². The molecule has 2 unspecified atom stereocenters. The smallest absolute Gasteiger partial charge is 0.363 e. The SMILES string of the molecule is COC1C=CC(C(OCCCO)(c2ccccc2)c2ccc(C(=O)ON3C(=O)CCC3=O)cc2)=CC1. The highest BCUT2D eigenvalue weighted by molar-refractivity contribution is 6.02. The number of benzene rings is 2. The van der Waals surface area contributed by atoms with Gasteiger partial charge in [0.15, 0.2) is 0 Å². The van der Waals surface area contributed by atoms with Crippen LogP contribution >= 0.6 is 0 Å². The number of nitrogens with zero attached hydrogens (tertiary/aromatic N) is 1. The summed E-state index contributed by atoms with van der Waals surface area (Å²) >= 11 is 0. The standard InChI is InChI=1S/C28H29NO7/c1-34-24-14-12-23(13-15-24)28(35-19-5-18-30,21-6-3-2-4-7-21)22-10-8-20(9-11-22)27(33)36-29-25(31)16-17-26(29)32/h2-4,6-14,24,30H,5,15-19H2,1H3. The van der Waals surface area contributed by atoms with Crippen LogP contribution in [0.1, 0.15) is 47.2 Å². The molecule has 0 saturated carbocycles. The normalized spacial score (nSPS) is 19.2. The van der Waals surface area contributed by atoms with E-state index in [1.807, 2.05) is 42.5 Å². The molecule has 8 heteroatoms. The summed E-state index contributed by atoms with van der Waals surface area (Å²) in [5.74, 6) is -1.86. The summed E-state index contributed by atoms with van der Waals surface area (Å²) in [6.07, 6.45) is 7.19. The van der Waals surface area contributed by atoms with Crippen molar-refractivity contribution in [1.29, 1.82) is 0 Å². The molecule has 1 heterocycles. The van der Waals surface area contributed by atoms with Crippen molar-refractivity contribution in [1.82, 2.24) is 5.06 Å². The lowest BCUT2D eigenvalue weighted by molar-refractivity contribution is -0.172. The molecular formula is C28H29NO7. The molecule has 188 valence electrons. The zero-order valence-electron chi connectivity index (χ0n) is 20.1. The second kappa shape index (κ2) is 11.4. The van der Waals surface area contributed by atoms with Gasteiger partial charge in [-0.1, -0.05) is 60.7 Å². The molecule has 0 aromatic heterocycles. The van der Waals surface area contributed by atoms with Gasteiger partial charge in [-0.15, -0.1) is 5.06 Å². The number of amides is 2. The monoisotopic (exact) mass is 491 g/mol. The first-order valence-corrected chi connectivity index (χ1v) is 11.9. The van der Waals surface area contributed by atoms with E-state index >= 15 is 0 Å². The molecule has 2 aromatic carbocycles. The number of hydrogen-bond acceptors (Lipinski definition) is 7. The zero-order chi connectivity index (χ0) is 25.5. The quantitative estimate of drug-likeness (QED) is 0.401. The average molecular weight is 492 g/mol. The Morgan fingerprint density at radius 3 is 2.28 bits per heavy atom. The second-order valence-electron chi connectivity index (χ2n) is 8.54. The van der Waals surface area contributed by atoms with Crippen LogP contribution in [-0.2, 0) is 29.5 Å². The highest BCUT2D eigenvalue weighted by Gasteiger charge is 2.39. The Morgan fingerprint density at radius 2 is 1.69 bits per heavy atom. The van der Waals surface area contributed by atoms with E-state index in [2.05, 4.69) is 6.08 Å². The highest BCUT2D eigenvalue weighted by atomic mass is 16.7. The van der Waals surface area contributed by atoms with Crippen LogP contribution in [0.5, 0.6) is 0 Å². The fourth-order valence-corrected chi connectivity index (χ4v) is 4.38. The lowest BCUT2D eigenvalue weighted by atomic mass is 9.77. The van der Waals surface area contributed by atoms with Crippen molar-refractivity contribution in [2.24, 2.45) is 0 Å². The van der Waals surface area contributed by atoms with Crippen LogP contribution in [-0.4, -0.2) is 54.4 Å². The summed E-state index contributed by atoms with van der Waals surface area (Å²) < 4.78 is 12.0. The fraction of sp³-hybridized carbons (Fsp3) is 0.321. The van der Waals surface area contributed by atoms with Gasteiger partial charge in [-0.05, 0) is 41.7 Å². The van der Waals surface area contributed by atoms with Gasteiger partial charge < -0.3 is 19.4 Å². The van der Waals surface area contributed by atoms with Crippen LogP contribution in [0.2, 0.25) is 0 Å². The largest absolute Gasteiger partial charge is 0.396 e. The number of carbonyl (C=O) groups excluding carboxylic acids is 3. The molecule has 36 heavy (non-hydrogen) atoms. The Kier molecular flexibility index (Phi) is 8.10. The lowest BCUT2D eigenvalue weighted by Gasteiger charge is -2.38. The molecule has 2 atom stereocenters. The first-order valence-electron chi connectivity index (χ1n) is 11.9. The van der Waals surface area contributed by atoms with Gasteiger partial charge in [-0.3, -0.25) is 9.59 Å². The van der Waals surface area contributed by atoms with Gasteiger partial charge in [0.05, 0.1) is 18.3 Å². The molecule has 0 bridgehead atoms. The lowest BCUT2D eigenvalue weighted by Crippen LogP contribution is -2.35. The van der Waals surface area contributed by atoms with E-state index in [9.17, 15) is 19.5 Å². The topological polar surface area (TPSA) is 102 Å². The Bertz CT molecular complexity index is 1140. The predicted octanol–water partition coefficient (Wildman–Crippen LogP) is 3.45. The molecule has 0 radical (unpaired) electrons. The number of aliphatic hydroxyl groups excluding tert-OH is 1. The van der Waals surface area contributed by atoms with Gasteiger partial charge in [-0.25, -0.2) is 4.79 Å². The number of hydrogen-bond donors (Lipinski definition) is 1.